The van der Waals surface area contributed by atoms with E-state index < -0.39 is 0 Å². The van der Waals surface area contributed by atoms with Crippen LogP contribution in [-0.4, -0.2) is 15.7 Å². The zero-order valence-electron chi connectivity index (χ0n) is 12.5. The first kappa shape index (κ1) is 13.8. The number of nitrogens with zero attached hydrogens (tertiary/aromatic N) is 2. The SMILES string of the molecule is Cc1cccc(C)c1NC(=O)c1cc2c(C)nn(C)c2s1. The molecular weight excluding hydrogens is 282 g/mol. The molecule has 0 radical (unpaired) electrons. The van der Waals surface area contributed by atoms with Gasteiger partial charge in [-0.2, -0.15) is 5.10 Å². The Morgan fingerprint density at radius 1 is 1.24 bits per heavy atom. The van der Waals surface area contributed by atoms with Crippen molar-refractivity contribution < 1.29 is 4.79 Å². The van der Waals surface area contributed by atoms with Gasteiger partial charge in [-0.25, -0.2) is 0 Å². The van der Waals surface area contributed by atoms with E-state index in [2.05, 4.69) is 10.4 Å². The fourth-order valence-corrected chi connectivity index (χ4v) is 3.52. The second-order valence-electron chi connectivity index (χ2n) is 5.26. The maximum absolute atomic E-state index is 12.5. The van der Waals surface area contributed by atoms with Gasteiger partial charge in [-0.1, -0.05) is 18.2 Å². The highest BCUT2D eigenvalue weighted by molar-refractivity contribution is 7.20. The minimum Gasteiger partial charge on any atom is -0.321 e. The predicted molar refractivity (Wildman–Crippen MR) is 87.2 cm³/mol. The lowest BCUT2D eigenvalue weighted by atomic mass is 10.1. The molecule has 0 bridgehead atoms. The Balaban J connectivity index is 1.96. The summed E-state index contributed by atoms with van der Waals surface area (Å²) in [5, 5.41) is 8.43. The molecule has 0 spiro atoms. The van der Waals surface area contributed by atoms with Gasteiger partial charge in [0.15, 0.2) is 0 Å². The normalized spacial score (nSPS) is 11.0. The molecule has 1 N–H and O–H groups in total. The van der Waals surface area contributed by atoms with Crippen LogP contribution in [0.3, 0.4) is 0 Å². The number of carbonyl (C=O) groups is 1. The van der Waals surface area contributed by atoms with E-state index in [1.165, 1.54) is 11.3 Å². The van der Waals surface area contributed by atoms with Crippen molar-refractivity contribution >= 4 is 33.1 Å². The second kappa shape index (κ2) is 5.00. The van der Waals surface area contributed by atoms with Gasteiger partial charge in [-0.3, -0.25) is 9.48 Å². The molecule has 0 fully saturated rings. The van der Waals surface area contributed by atoms with Gasteiger partial charge >= 0.3 is 0 Å². The number of anilines is 1. The van der Waals surface area contributed by atoms with Crippen LogP contribution in [0.5, 0.6) is 0 Å². The molecule has 0 aliphatic carbocycles. The monoisotopic (exact) mass is 299 g/mol. The third-order valence-electron chi connectivity index (χ3n) is 3.64. The van der Waals surface area contributed by atoms with Crippen LogP contribution in [0, 0.1) is 20.8 Å². The summed E-state index contributed by atoms with van der Waals surface area (Å²) in [7, 11) is 1.90. The minimum atomic E-state index is -0.0620. The first-order valence-corrected chi connectivity index (χ1v) is 7.59. The van der Waals surface area contributed by atoms with Crippen molar-refractivity contribution in [2.24, 2.45) is 7.05 Å². The van der Waals surface area contributed by atoms with E-state index >= 15 is 0 Å². The molecule has 1 amide bonds. The van der Waals surface area contributed by atoms with E-state index in [0.29, 0.717) is 4.88 Å². The number of amides is 1. The summed E-state index contributed by atoms with van der Waals surface area (Å²) >= 11 is 1.47. The van der Waals surface area contributed by atoms with Crippen molar-refractivity contribution in [2.75, 3.05) is 5.32 Å². The second-order valence-corrected chi connectivity index (χ2v) is 6.29. The Morgan fingerprint density at radius 2 is 1.90 bits per heavy atom. The molecule has 0 saturated heterocycles. The van der Waals surface area contributed by atoms with Gasteiger partial charge in [-0.05, 0) is 38.0 Å². The number of nitrogens with one attached hydrogen (secondary N) is 1. The molecule has 2 aromatic heterocycles. The molecule has 1 aromatic carbocycles. The standard InChI is InChI=1S/C16H17N3OS/c1-9-6-5-7-10(2)14(9)17-15(20)13-8-12-11(3)18-19(4)16(12)21-13/h5-8H,1-4H3,(H,17,20). The summed E-state index contributed by atoms with van der Waals surface area (Å²) in [6, 6.07) is 7.92. The Hall–Kier alpha value is -2.14. The van der Waals surface area contributed by atoms with Crippen LogP contribution in [0.25, 0.3) is 10.2 Å². The first-order chi connectivity index (χ1) is 9.97. The molecule has 21 heavy (non-hydrogen) atoms. The lowest BCUT2D eigenvalue weighted by Crippen LogP contribution is -2.12. The molecule has 0 atom stereocenters. The Labute approximate surface area is 127 Å². The summed E-state index contributed by atoms with van der Waals surface area (Å²) in [5.41, 5.74) is 3.99. The first-order valence-electron chi connectivity index (χ1n) is 6.78. The van der Waals surface area contributed by atoms with Gasteiger partial charge in [0, 0.05) is 18.1 Å². The number of para-hydroxylation sites is 1. The molecule has 3 rings (SSSR count). The van der Waals surface area contributed by atoms with Crippen molar-refractivity contribution in [1.29, 1.82) is 0 Å². The van der Waals surface area contributed by atoms with E-state index in [1.807, 2.05) is 56.8 Å². The van der Waals surface area contributed by atoms with Gasteiger partial charge in [0.2, 0.25) is 0 Å². The number of thiophene rings is 1. The predicted octanol–water partition coefficient (Wildman–Crippen LogP) is 3.81. The lowest BCUT2D eigenvalue weighted by Gasteiger charge is -2.10. The van der Waals surface area contributed by atoms with Gasteiger partial charge in [0.25, 0.3) is 5.91 Å². The van der Waals surface area contributed by atoms with Crippen LogP contribution in [-0.2, 0) is 7.05 Å². The molecular formula is C16H17N3OS. The van der Waals surface area contributed by atoms with Crippen molar-refractivity contribution in [2.45, 2.75) is 20.8 Å². The van der Waals surface area contributed by atoms with Crippen LogP contribution in [0.2, 0.25) is 0 Å². The van der Waals surface area contributed by atoms with Gasteiger partial charge in [-0.15, -0.1) is 11.3 Å². The Bertz CT molecular complexity index is 790. The fraction of sp³-hybridized carbons (Fsp3) is 0.250. The summed E-state index contributed by atoms with van der Waals surface area (Å²) in [6.07, 6.45) is 0. The number of aryl methyl sites for hydroxylation is 4. The van der Waals surface area contributed by atoms with E-state index in [-0.39, 0.29) is 5.91 Å². The maximum atomic E-state index is 12.5. The van der Waals surface area contributed by atoms with E-state index in [1.54, 1.807) is 0 Å². The number of hydrogen-bond donors (Lipinski definition) is 1. The highest BCUT2D eigenvalue weighted by Gasteiger charge is 2.16. The zero-order chi connectivity index (χ0) is 15.1. The van der Waals surface area contributed by atoms with E-state index in [4.69, 9.17) is 0 Å². The fourth-order valence-electron chi connectivity index (χ4n) is 2.50. The van der Waals surface area contributed by atoms with Gasteiger partial charge in [0.05, 0.1) is 10.6 Å². The number of fused-ring (bicyclic) bond motifs is 1. The average molecular weight is 299 g/mol. The summed E-state index contributed by atoms with van der Waals surface area (Å²) in [4.78, 5) is 14.2. The molecule has 0 saturated carbocycles. The van der Waals surface area contributed by atoms with E-state index in [0.717, 1.165) is 32.7 Å². The molecule has 3 aromatic rings. The Morgan fingerprint density at radius 3 is 2.52 bits per heavy atom. The smallest absolute Gasteiger partial charge is 0.265 e. The van der Waals surface area contributed by atoms with Crippen molar-refractivity contribution in [3.8, 4) is 0 Å². The highest BCUT2D eigenvalue weighted by Crippen LogP contribution is 2.29. The topological polar surface area (TPSA) is 46.9 Å². The van der Waals surface area contributed by atoms with Crippen molar-refractivity contribution in [3.05, 3.63) is 46.0 Å². The largest absolute Gasteiger partial charge is 0.321 e. The molecule has 108 valence electrons. The molecule has 5 heteroatoms. The maximum Gasteiger partial charge on any atom is 0.265 e. The van der Waals surface area contributed by atoms with Gasteiger partial charge in [0.1, 0.15) is 4.83 Å². The lowest BCUT2D eigenvalue weighted by molar-refractivity contribution is 0.103. The summed E-state index contributed by atoms with van der Waals surface area (Å²) < 4.78 is 1.82. The molecule has 2 heterocycles. The average Bonchev–Trinajstić information content (AvgIpc) is 2.97. The number of rotatable bonds is 2. The molecule has 4 nitrogen and oxygen atoms in total. The number of benzene rings is 1. The minimum absolute atomic E-state index is 0.0620. The molecule has 0 aliphatic rings. The number of aromatic nitrogens is 2. The van der Waals surface area contributed by atoms with Crippen molar-refractivity contribution in [1.82, 2.24) is 9.78 Å². The molecule has 0 unspecified atom stereocenters. The van der Waals surface area contributed by atoms with Crippen LogP contribution in [0.1, 0.15) is 26.5 Å². The third-order valence-corrected chi connectivity index (χ3v) is 4.84. The van der Waals surface area contributed by atoms with Crippen LogP contribution < -0.4 is 5.32 Å². The quantitative estimate of drug-likeness (QED) is 0.782. The van der Waals surface area contributed by atoms with Crippen LogP contribution in [0.4, 0.5) is 5.69 Å². The van der Waals surface area contributed by atoms with Crippen LogP contribution in [0.15, 0.2) is 24.3 Å². The Kier molecular flexibility index (Phi) is 3.29. The van der Waals surface area contributed by atoms with Gasteiger partial charge < -0.3 is 5.32 Å². The zero-order valence-corrected chi connectivity index (χ0v) is 13.3. The molecule has 0 aliphatic heterocycles. The number of carbonyl (C=O) groups excluding carboxylic acids is 1. The van der Waals surface area contributed by atoms with Crippen LogP contribution >= 0.6 is 11.3 Å². The number of hydrogen-bond acceptors (Lipinski definition) is 3. The summed E-state index contributed by atoms with van der Waals surface area (Å²) in [6.45, 7) is 5.96. The van der Waals surface area contributed by atoms with E-state index in [9.17, 15) is 4.79 Å². The summed E-state index contributed by atoms with van der Waals surface area (Å²) in [5.74, 6) is -0.0620. The van der Waals surface area contributed by atoms with Crippen molar-refractivity contribution in [3.63, 3.8) is 0 Å². The highest BCUT2D eigenvalue weighted by atomic mass is 32.1. The third kappa shape index (κ3) is 2.34.